The van der Waals surface area contributed by atoms with Crippen LogP contribution in [-0.2, 0) is 15.3 Å². The number of nitrogens with zero attached hydrogens (tertiary/aromatic N) is 1. The Morgan fingerprint density at radius 1 is 0.806 bits per heavy atom. The molecule has 1 aliphatic rings. The molecule has 0 bridgehead atoms. The number of benzene rings is 3. The van der Waals surface area contributed by atoms with Crippen LogP contribution in [0.15, 0.2) is 89.8 Å². The molecule has 0 aromatic heterocycles. The molecule has 31 heavy (non-hydrogen) atoms. The third-order valence-electron chi connectivity index (χ3n) is 4.80. The number of hydrogen-bond acceptors (Lipinski definition) is 4. The fraction of sp³-hybridized carbons (Fsp3) is 0.154. The molecular formula is C26H23NO3S. The van der Waals surface area contributed by atoms with Crippen molar-refractivity contribution < 1.29 is 14.3 Å². The Kier molecular flexibility index (Phi) is 6.23. The predicted octanol–water partition coefficient (Wildman–Crippen LogP) is 5.69. The fourth-order valence-corrected chi connectivity index (χ4v) is 4.48. The number of carbonyl (C=O) groups excluding carboxylic acids is 2. The zero-order valence-corrected chi connectivity index (χ0v) is 18.3. The Bertz CT molecular complexity index is 1110. The minimum atomic E-state index is -0.302. The molecule has 0 saturated carbocycles. The van der Waals surface area contributed by atoms with Crippen molar-refractivity contribution in [3.8, 4) is 5.75 Å². The first kappa shape index (κ1) is 20.9. The molecule has 1 heterocycles. The predicted molar refractivity (Wildman–Crippen MR) is 126 cm³/mol. The van der Waals surface area contributed by atoms with Crippen LogP contribution in [0.25, 0.3) is 5.57 Å². The minimum Gasteiger partial charge on any atom is -0.491 e. The van der Waals surface area contributed by atoms with E-state index in [-0.39, 0.29) is 17.9 Å². The van der Waals surface area contributed by atoms with Gasteiger partial charge in [0.15, 0.2) is 0 Å². The maximum Gasteiger partial charge on any atom is 0.272 e. The van der Waals surface area contributed by atoms with Crippen LogP contribution in [0.4, 0.5) is 5.69 Å². The van der Waals surface area contributed by atoms with Crippen LogP contribution >= 0.6 is 11.8 Å². The molecule has 3 aromatic carbocycles. The van der Waals surface area contributed by atoms with E-state index in [1.54, 1.807) is 24.3 Å². The summed E-state index contributed by atoms with van der Waals surface area (Å²) in [6.45, 7) is 3.90. The van der Waals surface area contributed by atoms with Gasteiger partial charge in [0.1, 0.15) is 5.75 Å². The molecule has 0 atom stereocenters. The van der Waals surface area contributed by atoms with Crippen LogP contribution in [0.5, 0.6) is 5.75 Å². The van der Waals surface area contributed by atoms with Crippen LogP contribution in [0.3, 0.4) is 0 Å². The van der Waals surface area contributed by atoms with Gasteiger partial charge in [-0.2, -0.15) is 0 Å². The number of amides is 2. The van der Waals surface area contributed by atoms with E-state index in [4.69, 9.17) is 4.74 Å². The number of hydrogen-bond donors (Lipinski definition) is 0. The lowest BCUT2D eigenvalue weighted by Gasteiger charge is -2.16. The van der Waals surface area contributed by atoms with E-state index in [9.17, 15) is 9.59 Å². The second-order valence-electron chi connectivity index (χ2n) is 7.45. The van der Waals surface area contributed by atoms with Crippen LogP contribution in [0.2, 0.25) is 0 Å². The fourth-order valence-electron chi connectivity index (χ4n) is 3.41. The van der Waals surface area contributed by atoms with Gasteiger partial charge in [-0.05, 0) is 49.2 Å². The monoisotopic (exact) mass is 429 g/mol. The smallest absolute Gasteiger partial charge is 0.272 e. The molecule has 0 unspecified atom stereocenters. The zero-order valence-electron chi connectivity index (χ0n) is 17.4. The van der Waals surface area contributed by atoms with Crippen LogP contribution in [-0.4, -0.2) is 17.9 Å². The number of imide groups is 1. The summed E-state index contributed by atoms with van der Waals surface area (Å²) < 4.78 is 5.68. The molecule has 3 aromatic rings. The van der Waals surface area contributed by atoms with Gasteiger partial charge in [0, 0.05) is 5.75 Å². The van der Waals surface area contributed by atoms with Crippen molar-refractivity contribution in [1.82, 2.24) is 0 Å². The summed E-state index contributed by atoms with van der Waals surface area (Å²) in [5, 5.41) is 0. The van der Waals surface area contributed by atoms with E-state index in [1.165, 1.54) is 16.7 Å². The van der Waals surface area contributed by atoms with Crippen molar-refractivity contribution in [2.24, 2.45) is 0 Å². The number of rotatable bonds is 7. The van der Waals surface area contributed by atoms with Crippen molar-refractivity contribution in [3.05, 3.63) is 101 Å². The summed E-state index contributed by atoms with van der Waals surface area (Å²) in [5.41, 5.74) is 2.84. The van der Waals surface area contributed by atoms with Crippen molar-refractivity contribution in [2.45, 2.75) is 25.7 Å². The van der Waals surface area contributed by atoms with Crippen LogP contribution in [0, 0.1) is 0 Å². The molecule has 5 heteroatoms. The molecule has 4 rings (SSSR count). The third-order valence-corrected chi connectivity index (χ3v) is 5.94. The summed E-state index contributed by atoms with van der Waals surface area (Å²) in [4.78, 5) is 28.5. The van der Waals surface area contributed by atoms with Crippen LogP contribution < -0.4 is 9.64 Å². The molecule has 0 N–H and O–H groups in total. The highest BCUT2D eigenvalue weighted by molar-refractivity contribution is 8.03. The lowest BCUT2D eigenvalue weighted by Crippen LogP contribution is -2.31. The van der Waals surface area contributed by atoms with Gasteiger partial charge >= 0.3 is 0 Å². The Morgan fingerprint density at radius 3 is 2.03 bits per heavy atom. The van der Waals surface area contributed by atoms with Crippen LogP contribution in [0.1, 0.15) is 25.0 Å². The van der Waals surface area contributed by atoms with E-state index >= 15 is 0 Å². The van der Waals surface area contributed by atoms with Gasteiger partial charge in [-0.15, -0.1) is 11.8 Å². The Morgan fingerprint density at radius 2 is 1.42 bits per heavy atom. The highest BCUT2D eigenvalue weighted by Gasteiger charge is 2.40. The van der Waals surface area contributed by atoms with Gasteiger partial charge < -0.3 is 4.74 Å². The molecule has 156 valence electrons. The standard InChI is InChI=1S/C26H23NO3S/c1-18(2)30-22-15-13-21(14-16-22)27-25(28)23(20-11-7-4-8-12-20)24(26(27)29)31-17-19-9-5-3-6-10-19/h3-16,18H,17H2,1-2H3. The Hall–Kier alpha value is -3.31. The molecule has 0 aliphatic carbocycles. The van der Waals surface area contributed by atoms with E-state index in [2.05, 4.69) is 0 Å². The number of anilines is 1. The molecule has 4 nitrogen and oxygen atoms in total. The van der Waals surface area contributed by atoms with Crippen molar-refractivity contribution in [2.75, 3.05) is 4.90 Å². The second-order valence-corrected chi connectivity index (χ2v) is 8.44. The van der Waals surface area contributed by atoms with Gasteiger partial charge in [0.25, 0.3) is 11.8 Å². The quantitative estimate of drug-likeness (QED) is 0.453. The topological polar surface area (TPSA) is 46.6 Å². The van der Waals surface area contributed by atoms with E-state index in [1.807, 2.05) is 74.5 Å². The Labute approximate surface area is 186 Å². The highest BCUT2D eigenvalue weighted by Crippen LogP contribution is 2.39. The molecule has 0 saturated heterocycles. The summed E-state index contributed by atoms with van der Waals surface area (Å²) in [6, 6.07) is 26.4. The Balaban J connectivity index is 1.66. The lowest BCUT2D eigenvalue weighted by atomic mass is 10.1. The maximum absolute atomic E-state index is 13.4. The first-order valence-electron chi connectivity index (χ1n) is 10.2. The van der Waals surface area contributed by atoms with Gasteiger partial charge in [-0.3, -0.25) is 9.59 Å². The molecule has 0 fully saturated rings. The normalized spacial score (nSPS) is 14.0. The average Bonchev–Trinajstić information content (AvgIpc) is 3.03. The van der Waals surface area contributed by atoms with Crippen molar-refractivity contribution in [1.29, 1.82) is 0 Å². The molecule has 2 amide bonds. The summed E-state index contributed by atoms with van der Waals surface area (Å²) in [7, 11) is 0. The average molecular weight is 430 g/mol. The number of thioether (sulfide) groups is 1. The van der Waals surface area contributed by atoms with Gasteiger partial charge in [-0.1, -0.05) is 60.7 Å². The first-order chi connectivity index (χ1) is 15.0. The van der Waals surface area contributed by atoms with E-state index < -0.39 is 0 Å². The summed E-state index contributed by atoms with van der Waals surface area (Å²) in [5.74, 6) is 0.722. The molecule has 0 radical (unpaired) electrons. The maximum atomic E-state index is 13.4. The first-order valence-corrected chi connectivity index (χ1v) is 11.1. The molecule has 1 aliphatic heterocycles. The third kappa shape index (κ3) is 4.57. The summed E-state index contributed by atoms with van der Waals surface area (Å²) >= 11 is 1.40. The van der Waals surface area contributed by atoms with Gasteiger partial charge in [0.2, 0.25) is 0 Å². The lowest BCUT2D eigenvalue weighted by molar-refractivity contribution is -0.119. The SMILES string of the molecule is CC(C)Oc1ccc(N2C(=O)C(SCc3ccccc3)=C(c3ccccc3)C2=O)cc1. The molecule has 0 spiro atoms. The summed E-state index contributed by atoms with van der Waals surface area (Å²) in [6.07, 6.45) is 0.0493. The van der Waals surface area contributed by atoms with E-state index in [0.717, 1.165) is 11.1 Å². The highest BCUT2D eigenvalue weighted by atomic mass is 32.2. The van der Waals surface area contributed by atoms with E-state index in [0.29, 0.717) is 27.7 Å². The minimum absolute atomic E-state index is 0.0493. The largest absolute Gasteiger partial charge is 0.491 e. The number of carbonyl (C=O) groups is 2. The zero-order chi connectivity index (χ0) is 21.8. The van der Waals surface area contributed by atoms with Crippen molar-refractivity contribution >= 4 is 34.8 Å². The molecular weight excluding hydrogens is 406 g/mol. The van der Waals surface area contributed by atoms with Crippen molar-refractivity contribution in [3.63, 3.8) is 0 Å². The van der Waals surface area contributed by atoms with Gasteiger partial charge in [-0.25, -0.2) is 4.90 Å². The van der Waals surface area contributed by atoms with Gasteiger partial charge in [0.05, 0.1) is 22.3 Å². The number of ether oxygens (including phenoxy) is 1. The second kappa shape index (κ2) is 9.23.